The summed E-state index contributed by atoms with van der Waals surface area (Å²) in [6.45, 7) is 54.0. The molecule has 0 aliphatic carbocycles. The fourth-order valence-electron chi connectivity index (χ4n) is 10.4. The zero-order chi connectivity index (χ0) is 54.5. The monoisotopic (exact) mass is 987 g/mol. The van der Waals surface area contributed by atoms with E-state index in [0.717, 1.165) is 66.8 Å². The van der Waals surface area contributed by atoms with E-state index < -0.39 is 18.4 Å². The van der Waals surface area contributed by atoms with Gasteiger partial charge in [0.1, 0.15) is 0 Å². The van der Waals surface area contributed by atoms with E-state index in [1.165, 1.54) is 22.3 Å². The van der Waals surface area contributed by atoms with Crippen LogP contribution in [0.15, 0.2) is 103 Å². The Hall–Kier alpha value is -4.53. The Morgan fingerprint density at radius 1 is 0.292 bits per heavy atom. The van der Waals surface area contributed by atoms with Crippen LogP contribution < -0.4 is 5.30 Å². The first-order valence-corrected chi connectivity index (χ1v) is 28.0. The first kappa shape index (κ1) is 56.8. The lowest BCUT2D eigenvalue weighted by atomic mass is 9.69. The van der Waals surface area contributed by atoms with Gasteiger partial charge in [-0.1, -0.05) is 269 Å². The van der Waals surface area contributed by atoms with E-state index in [-0.39, 0.29) is 37.8 Å². The van der Waals surface area contributed by atoms with Crippen molar-refractivity contribution < 1.29 is 14.4 Å². The van der Waals surface area contributed by atoms with E-state index in [0.29, 0.717) is 11.1 Å². The first-order chi connectivity index (χ1) is 32.4. The molecule has 0 aliphatic heterocycles. The molecule has 0 heterocycles. The second-order valence-corrected chi connectivity index (χ2v) is 30.7. The predicted molar refractivity (Wildman–Crippen MR) is 315 cm³/mol. The van der Waals surface area contributed by atoms with Gasteiger partial charge in [-0.2, -0.15) is 0 Å². The van der Waals surface area contributed by atoms with Crippen molar-refractivity contribution in [2.75, 3.05) is 0 Å². The summed E-state index contributed by atoms with van der Waals surface area (Å²) in [5, 5.41) is 0.0645. The number of benzene rings is 6. The molecule has 6 aromatic carbocycles. The minimum atomic E-state index is -5.25. The van der Waals surface area contributed by atoms with Gasteiger partial charge in [0.2, 0.25) is 0 Å². The fourth-order valence-corrected chi connectivity index (χ4v) is 11.4. The predicted octanol–water partition coefficient (Wildman–Crippen LogP) is 19.2. The SMILES string of the molecule is CC(C)(C)c1ccc(-c2c(-c3ccccc3)c(-c3ccc(C(C)(C)C)cc3C(C)(C)C)c(-c3ccc(C(C)(C)C)cc3C(C)(C)C)c(P(=O)(O)O)c2-c2ccc(C(C)(C)C)cc2C(C)(C)C)c(C(C)(C)C)c1. The lowest BCUT2D eigenvalue weighted by Gasteiger charge is -2.36. The van der Waals surface area contributed by atoms with E-state index in [1.807, 2.05) is 0 Å². The topological polar surface area (TPSA) is 57.5 Å². The van der Waals surface area contributed by atoms with Gasteiger partial charge < -0.3 is 9.79 Å². The molecule has 0 atom stereocenters. The van der Waals surface area contributed by atoms with Crippen LogP contribution in [0.3, 0.4) is 0 Å². The quantitative estimate of drug-likeness (QED) is 0.164. The maximum atomic E-state index is 15.8. The van der Waals surface area contributed by atoms with Crippen molar-refractivity contribution in [3.8, 4) is 55.6 Å². The Bertz CT molecular complexity index is 2870. The maximum Gasteiger partial charge on any atom is 0.357 e. The average Bonchev–Trinajstić information content (AvgIpc) is 3.22. The molecule has 2 N–H and O–H groups in total. The zero-order valence-electron chi connectivity index (χ0n) is 49.1. The molecule has 3 nitrogen and oxygen atoms in total. The third kappa shape index (κ3) is 11.6. The normalized spacial score (nSPS) is 13.8. The van der Waals surface area contributed by atoms with Crippen molar-refractivity contribution in [1.29, 1.82) is 0 Å². The molecule has 0 saturated heterocycles. The highest BCUT2D eigenvalue weighted by molar-refractivity contribution is 7.61. The molecule has 4 heteroatoms. The van der Waals surface area contributed by atoms with E-state index >= 15 is 4.57 Å². The molecule has 0 bridgehead atoms. The van der Waals surface area contributed by atoms with Gasteiger partial charge in [-0.05, 0) is 132 Å². The van der Waals surface area contributed by atoms with E-state index in [1.54, 1.807) is 0 Å². The van der Waals surface area contributed by atoms with Crippen molar-refractivity contribution in [3.63, 3.8) is 0 Å². The molecule has 0 spiro atoms. The van der Waals surface area contributed by atoms with Crippen LogP contribution in [-0.4, -0.2) is 9.79 Å². The summed E-state index contributed by atoms with van der Waals surface area (Å²) in [6.07, 6.45) is 0. The highest BCUT2D eigenvalue weighted by Crippen LogP contribution is 2.59. The van der Waals surface area contributed by atoms with Crippen LogP contribution in [0.2, 0.25) is 0 Å². The van der Waals surface area contributed by atoms with Gasteiger partial charge in [0, 0.05) is 11.1 Å². The van der Waals surface area contributed by atoms with Gasteiger partial charge in [0.05, 0.1) is 5.30 Å². The Balaban J connectivity index is 2.22. The second-order valence-electron chi connectivity index (χ2n) is 29.2. The summed E-state index contributed by atoms with van der Waals surface area (Å²) in [7, 11) is -5.25. The average molecular weight is 987 g/mol. The molecular formula is C68H91O3P. The lowest BCUT2D eigenvalue weighted by molar-refractivity contribution is 0.387. The third-order valence-electron chi connectivity index (χ3n) is 14.7. The molecule has 0 unspecified atom stereocenters. The van der Waals surface area contributed by atoms with Crippen LogP contribution in [0.1, 0.15) is 211 Å². The second kappa shape index (κ2) is 18.7. The van der Waals surface area contributed by atoms with E-state index in [2.05, 4.69) is 269 Å². The molecule has 386 valence electrons. The molecule has 6 aromatic rings. The molecular weight excluding hydrogens is 896 g/mol. The van der Waals surface area contributed by atoms with Crippen LogP contribution in [0.25, 0.3) is 55.6 Å². The highest BCUT2D eigenvalue weighted by Gasteiger charge is 2.41. The Morgan fingerprint density at radius 2 is 0.528 bits per heavy atom. The van der Waals surface area contributed by atoms with Gasteiger partial charge in [-0.3, -0.25) is 4.57 Å². The molecule has 0 aliphatic rings. The summed E-state index contributed by atoms with van der Waals surface area (Å²) in [5.41, 5.74) is 15.2. The summed E-state index contributed by atoms with van der Waals surface area (Å²) < 4.78 is 15.8. The number of hydrogen-bond donors (Lipinski definition) is 2. The van der Waals surface area contributed by atoms with Crippen molar-refractivity contribution in [2.24, 2.45) is 0 Å². The molecule has 6 rings (SSSR count). The summed E-state index contributed by atoms with van der Waals surface area (Å²) in [5.74, 6) is 0. The van der Waals surface area contributed by atoms with Crippen molar-refractivity contribution in [3.05, 3.63) is 148 Å². The van der Waals surface area contributed by atoms with E-state index in [4.69, 9.17) is 0 Å². The van der Waals surface area contributed by atoms with Gasteiger partial charge in [0.15, 0.2) is 0 Å². The van der Waals surface area contributed by atoms with Crippen LogP contribution in [0.4, 0.5) is 0 Å². The minimum absolute atomic E-state index is 0.0645. The number of rotatable bonds is 6. The van der Waals surface area contributed by atoms with Gasteiger partial charge >= 0.3 is 7.60 Å². The number of hydrogen-bond acceptors (Lipinski definition) is 1. The minimum Gasteiger partial charge on any atom is -0.321 e. The molecule has 0 fully saturated rings. The zero-order valence-corrected chi connectivity index (χ0v) is 50.0. The van der Waals surface area contributed by atoms with Crippen LogP contribution in [0.5, 0.6) is 0 Å². The Kier molecular flexibility index (Phi) is 14.7. The van der Waals surface area contributed by atoms with Crippen LogP contribution in [-0.2, 0) is 47.9 Å². The van der Waals surface area contributed by atoms with Crippen molar-refractivity contribution >= 4 is 12.9 Å². The van der Waals surface area contributed by atoms with E-state index in [9.17, 15) is 9.79 Å². The largest absolute Gasteiger partial charge is 0.357 e. The third-order valence-corrected chi connectivity index (χ3v) is 15.7. The van der Waals surface area contributed by atoms with Gasteiger partial charge in [0.25, 0.3) is 0 Å². The van der Waals surface area contributed by atoms with Gasteiger partial charge in [-0.25, -0.2) is 0 Å². The molecule has 0 amide bonds. The summed E-state index contributed by atoms with van der Waals surface area (Å²) in [6, 6.07) is 37.9. The first-order valence-electron chi connectivity index (χ1n) is 26.4. The summed E-state index contributed by atoms with van der Waals surface area (Å²) >= 11 is 0. The Morgan fingerprint density at radius 3 is 0.736 bits per heavy atom. The molecule has 0 saturated carbocycles. The highest BCUT2D eigenvalue weighted by atomic mass is 31.2. The van der Waals surface area contributed by atoms with Crippen LogP contribution in [0, 0.1) is 0 Å². The lowest BCUT2D eigenvalue weighted by Crippen LogP contribution is -2.24. The molecule has 72 heavy (non-hydrogen) atoms. The maximum absolute atomic E-state index is 15.8. The fraction of sp³-hybridized carbons (Fsp3) is 0.471. The van der Waals surface area contributed by atoms with Crippen LogP contribution >= 0.6 is 7.60 Å². The van der Waals surface area contributed by atoms with Crippen molar-refractivity contribution in [1.82, 2.24) is 0 Å². The standard InChI is InChI=1S/C68H91O3P/c1-61(2,3)43-30-34-47(51(38-43)65(13,14)15)56-55(42-28-26-25-27-29-42)57(48-35-31-44(62(4,5)6)39-52(48)66(16,17)18)59(50-37-33-46(64(10,11)12)41-54(50)68(22,23)24)60(72(69,70)71)58(56)49-36-32-45(63(7,8)9)40-53(49)67(19,20)21/h25-41H,1-24H3,(H2,69,70,71). The Labute approximate surface area is 437 Å². The van der Waals surface area contributed by atoms with Crippen molar-refractivity contribution in [2.45, 2.75) is 209 Å². The van der Waals surface area contributed by atoms with Gasteiger partial charge in [-0.15, -0.1) is 0 Å². The summed E-state index contributed by atoms with van der Waals surface area (Å²) in [4.78, 5) is 25.8. The smallest absolute Gasteiger partial charge is 0.321 e. The molecule has 0 aromatic heterocycles. The molecule has 0 radical (unpaired) electrons.